The van der Waals surface area contributed by atoms with Gasteiger partial charge in [0.2, 0.25) is 0 Å². The number of methoxy groups -OCH3 is 1. The summed E-state index contributed by atoms with van der Waals surface area (Å²) in [7, 11) is 1.60. The van der Waals surface area contributed by atoms with E-state index in [9.17, 15) is 4.79 Å². The summed E-state index contributed by atoms with van der Waals surface area (Å²) >= 11 is 0. The van der Waals surface area contributed by atoms with Gasteiger partial charge >= 0.3 is 5.97 Å². The minimum absolute atomic E-state index is 0.242. The summed E-state index contributed by atoms with van der Waals surface area (Å²) < 4.78 is 10.6. The zero-order valence-corrected chi connectivity index (χ0v) is 12.1. The fourth-order valence-electron chi connectivity index (χ4n) is 1.82. The number of hydrogen-bond acceptors (Lipinski definition) is 6. The number of carboxylic acid groups (broad SMARTS) is 1. The van der Waals surface area contributed by atoms with Crippen LogP contribution in [0.3, 0.4) is 0 Å². The zero-order chi connectivity index (χ0) is 16.2. The molecule has 0 amide bonds. The van der Waals surface area contributed by atoms with Crippen molar-refractivity contribution in [2.75, 3.05) is 7.11 Å². The first-order chi connectivity index (χ1) is 11.2. The molecule has 8 heteroatoms. The summed E-state index contributed by atoms with van der Waals surface area (Å²) in [5.41, 5.74) is 0.747. The first-order valence-electron chi connectivity index (χ1n) is 6.60. The molecule has 8 nitrogen and oxygen atoms in total. The second-order valence-corrected chi connectivity index (χ2v) is 4.47. The number of nitrogens with zero attached hydrogens (tertiary/aromatic N) is 3. The molecule has 1 aromatic carbocycles. The number of rotatable bonds is 5. The minimum atomic E-state index is -1.21. The number of H-pyrrole nitrogens is 1. The van der Waals surface area contributed by atoms with Crippen molar-refractivity contribution >= 4 is 17.9 Å². The van der Waals surface area contributed by atoms with E-state index in [4.69, 9.17) is 14.3 Å². The monoisotopic (exact) mass is 312 g/mol. The van der Waals surface area contributed by atoms with E-state index in [0.29, 0.717) is 11.5 Å². The molecule has 0 aliphatic carbocycles. The van der Waals surface area contributed by atoms with E-state index < -0.39 is 5.97 Å². The number of furan rings is 1. The van der Waals surface area contributed by atoms with Crippen LogP contribution >= 0.6 is 0 Å². The molecule has 0 saturated heterocycles. The number of hydrogen-bond donors (Lipinski definition) is 2. The summed E-state index contributed by atoms with van der Waals surface area (Å²) in [6.45, 7) is 0. The Hall–Kier alpha value is -3.42. The molecule has 2 heterocycles. The number of aromatic nitrogens is 3. The third-order valence-electron chi connectivity index (χ3n) is 2.95. The molecule has 23 heavy (non-hydrogen) atoms. The van der Waals surface area contributed by atoms with E-state index in [-0.39, 0.29) is 11.6 Å². The Morgan fingerprint density at radius 3 is 2.74 bits per heavy atom. The number of aliphatic imine (C=N–C) groups is 1. The molecule has 2 aromatic heterocycles. The Morgan fingerprint density at radius 1 is 1.30 bits per heavy atom. The summed E-state index contributed by atoms with van der Waals surface area (Å²) in [4.78, 5) is 18.8. The third-order valence-corrected chi connectivity index (χ3v) is 2.95. The largest absolute Gasteiger partial charge is 0.497 e. The smallest absolute Gasteiger partial charge is 0.375 e. The summed E-state index contributed by atoms with van der Waals surface area (Å²) in [6.07, 6.45) is 1.56. The van der Waals surface area contributed by atoms with E-state index in [1.807, 2.05) is 24.3 Å². The zero-order valence-electron chi connectivity index (χ0n) is 12.1. The van der Waals surface area contributed by atoms with Crippen LogP contribution in [0.4, 0.5) is 5.69 Å². The van der Waals surface area contributed by atoms with Gasteiger partial charge in [-0.05, 0) is 36.4 Å². The van der Waals surface area contributed by atoms with Gasteiger partial charge < -0.3 is 14.3 Å². The van der Waals surface area contributed by atoms with Gasteiger partial charge in [-0.2, -0.15) is 4.98 Å². The lowest BCUT2D eigenvalue weighted by Gasteiger charge is -1.98. The highest BCUT2D eigenvalue weighted by atomic mass is 16.5. The van der Waals surface area contributed by atoms with Crippen LogP contribution in [-0.4, -0.2) is 39.6 Å². The molecule has 0 atom stereocenters. The fourth-order valence-corrected chi connectivity index (χ4v) is 1.82. The molecule has 0 aliphatic heterocycles. The average molecular weight is 312 g/mol. The van der Waals surface area contributed by atoms with Crippen molar-refractivity contribution in [1.82, 2.24) is 15.2 Å². The number of ether oxygens (including phenoxy) is 1. The predicted molar refractivity (Wildman–Crippen MR) is 81.3 cm³/mol. The highest BCUT2D eigenvalue weighted by Crippen LogP contribution is 2.20. The van der Waals surface area contributed by atoms with Crippen molar-refractivity contribution in [3.8, 4) is 17.3 Å². The van der Waals surface area contributed by atoms with Crippen molar-refractivity contribution in [2.45, 2.75) is 0 Å². The molecule has 116 valence electrons. The van der Waals surface area contributed by atoms with Crippen LogP contribution in [-0.2, 0) is 0 Å². The first kappa shape index (κ1) is 14.5. The number of carbonyl (C=O) groups is 1. The summed E-state index contributed by atoms with van der Waals surface area (Å²) in [6, 6.07) is 10.6. The van der Waals surface area contributed by atoms with Crippen molar-refractivity contribution in [1.29, 1.82) is 0 Å². The maximum atomic E-state index is 10.8. The molecule has 0 unspecified atom stereocenters. The Bertz CT molecular complexity index is 849. The average Bonchev–Trinajstić information content (AvgIpc) is 3.22. The van der Waals surface area contributed by atoms with E-state index in [2.05, 4.69) is 20.2 Å². The van der Waals surface area contributed by atoms with Crippen LogP contribution in [0, 0.1) is 0 Å². The molecule has 2 N–H and O–H groups in total. The fraction of sp³-hybridized carbons (Fsp3) is 0.0667. The van der Waals surface area contributed by atoms with Crippen molar-refractivity contribution in [3.05, 3.63) is 48.0 Å². The van der Waals surface area contributed by atoms with Crippen LogP contribution in [0.2, 0.25) is 0 Å². The number of aromatic carboxylic acids is 1. The van der Waals surface area contributed by atoms with Gasteiger partial charge in [-0.1, -0.05) is 0 Å². The molecule has 0 aliphatic rings. The Morgan fingerprint density at radius 2 is 2.09 bits per heavy atom. The summed E-state index contributed by atoms with van der Waals surface area (Å²) in [5.74, 6) is 0.353. The Labute approximate surface area is 130 Å². The van der Waals surface area contributed by atoms with Gasteiger partial charge in [-0.25, -0.2) is 4.79 Å². The lowest BCUT2D eigenvalue weighted by Crippen LogP contribution is -1.98. The van der Waals surface area contributed by atoms with Gasteiger partial charge in [-0.3, -0.25) is 10.1 Å². The quantitative estimate of drug-likeness (QED) is 0.700. The Balaban J connectivity index is 1.75. The standard InChI is InChI=1S/C15H12N4O4/c1-22-10-4-2-9(3-5-10)16-8-11-6-7-12(23-11)13-17-14(15(20)21)19-18-13/h2-8H,1H3,(H,20,21)(H,17,18,19). The summed E-state index contributed by atoms with van der Waals surface area (Å²) in [5, 5.41) is 14.9. The topological polar surface area (TPSA) is 114 Å². The third kappa shape index (κ3) is 3.26. The minimum Gasteiger partial charge on any atom is -0.497 e. The highest BCUT2D eigenvalue weighted by Gasteiger charge is 2.13. The van der Waals surface area contributed by atoms with Gasteiger partial charge in [0.1, 0.15) is 11.5 Å². The van der Waals surface area contributed by atoms with Crippen molar-refractivity contribution in [3.63, 3.8) is 0 Å². The van der Waals surface area contributed by atoms with Gasteiger partial charge in [0, 0.05) is 0 Å². The number of carboxylic acids is 1. The van der Waals surface area contributed by atoms with Crippen LogP contribution < -0.4 is 4.74 Å². The van der Waals surface area contributed by atoms with Crippen LogP contribution in [0.5, 0.6) is 5.75 Å². The number of aromatic amines is 1. The first-order valence-corrected chi connectivity index (χ1v) is 6.60. The molecule has 0 radical (unpaired) electrons. The van der Waals surface area contributed by atoms with Gasteiger partial charge in [0.25, 0.3) is 5.82 Å². The van der Waals surface area contributed by atoms with Crippen LogP contribution in [0.25, 0.3) is 11.6 Å². The molecule has 0 saturated carbocycles. The maximum absolute atomic E-state index is 10.8. The molecular weight excluding hydrogens is 300 g/mol. The van der Waals surface area contributed by atoms with Gasteiger partial charge in [0.05, 0.1) is 19.0 Å². The van der Waals surface area contributed by atoms with Crippen LogP contribution in [0.1, 0.15) is 16.4 Å². The molecule has 3 aromatic rings. The van der Waals surface area contributed by atoms with E-state index in [0.717, 1.165) is 11.4 Å². The van der Waals surface area contributed by atoms with Gasteiger partial charge in [0.15, 0.2) is 11.6 Å². The van der Waals surface area contributed by atoms with Crippen molar-refractivity contribution in [2.24, 2.45) is 4.99 Å². The van der Waals surface area contributed by atoms with Crippen LogP contribution in [0.15, 0.2) is 45.8 Å². The van der Waals surface area contributed by atoms with Crippen molar-refractivity contribution < 1.29 is 19.1 Å². The lowest BCUT2D eigenvalue weighted by atomic mass is 10.3. The molecule has 0 bridgehead atoms. The molecule has 3 rings (SSSR count). The lowest BCUT2D eigenvalue weighted by molar-refractivity contribution is 0.0684. The SMILES string of the molecule is COc1ccc(N=Cc2ccc(-c3nc(C(=O)O)n[nH]3)o2)cc1. The van der Waals surface area contributed by atoms with E-state index in [1.54, 1.807) is 25.5 Å². The second-order valence-electron chi connectivity index (χ2n) is 4.47. The number of nitrogens with one attached hydrogen (secondary N) is 1. The number of benzene rings is 1. The molecule has 0 fully saturated rings. The maximum Gasteiger partial charge on any atom is 0.375 e. The molecular formula is C15H12N4O4. The predicted octanol–water partition coefficient (Wildman–Crippen LogP) is 2.52. The Kier molecular flexibility index (Phi) is 3.88. The van der Waals surface area contributed by atoms with E-state index >= 15 is 0 Å². The normalized spacial score (nSPS) is 11.0. The van der Waals surface area contributed by atoms with Gasteiger partial charge in [-0.15, -0.1) is 5.10 Å². The highest BCUT2D eigenvalue weighted by molar-refractivity contribution is 5.83. The molecule has 0 spiro atoms. The van der Waals surface area contributed by atoms with E-state index in [1.165, 1.54) is 0 Å². The second kappa shape index (κ2) is 6.14.